The van der Waals surface area contributed by atoms with Gasteiger partial charge < -0.3 is 20.3 Å². The normalized spacial score (nSPS) is 17.1. The Morgan fingerprint density at radius 1 is 1.18 bits per heavy atom. The standard InChI is InChI=1S/C20H27N3O5/c1-3-9-21-17(24)11-22-18(25)13-28-20(27)16-10-19(26)23(12-16)14(2)15-7-5-4-6-8-15/h4-8,14,16H,3,9-13H2,1-2H3,(H,21,24)(H,22,25)/t14-,16-/m1/s1. The number of hydrogen-bond donors (Lipinski definition) is 2. The van der Waals surface area contributed by atoms with Gasteiger partial charge in [-0.3, -0.25) is 19.2 Å². The fourth-order valence-corrected chi connectivity index (χ4v) is 2.99. The zero-order chi connectivity index (χ0) is 20.5. The van der Waals surface area contributed by atoms with Gasteiger partial charge in [0.25, 0.3) is 5.91 Å². The van der Waals surface area contributed by atoms with Crippen molar-refractivity contribution >= 4 is 23.7 Å². The van der Waals surface area contributed by atoms with Gasteiger partial charge in [0.05, 0.1) is 18.5 Å². The molecule has 28 heavy (non-hydrogen) atoms. The quantitative estimate of drug-likeness (QED) is 0.608. The highest BCUT2D eigenvalue weighted by molar-refractivity contribution is 5.89. The number of ether oxygens (including phenoxy) is 1. The molecule has 152 valence electrons. The molecule has 0 aromatic heterocycles. The fourth-order valence-electron chi connectivity index (χ4n) is 2.99. The lowest BCUT2D eigenvalue weighted by Gasteiger charge is -2.25. The number of nitrogens with zero attached hydrogens (tertiary/aromatic N) is 1. The van der Waals surface area contributed by atoms with E-state index in [1.54, 1.807) is 4.90 Å². The van der Waals surface area contributed by atoms with E-state index in [1.807, 2.05) is 44.2 Å². The molecule has 8 heteroatoms. The highest BCUT2D eigenvalue weighted by Crippen LogP contribution is 2.28. The molecule has 0 bridgehead atoms. The van der Waals surface area contributed by atoms with E-state index in [0.29, 0.717) is 6.54 Å². The molecule has 2 N–H and O–H groups in total. The third-order valence-corrected chi connectivity index (χ3v) is 4.61. The Kier molecular flexibility index (Phi) is 7.98. The van der Waals surface area contributed by atoms with Gasteiger partial charge in [-0.15, -0.1) is 0 Å². The second-order valence-electron chi connectivity index (χ2n) is 6.77. The van der Waals surface area contributed by atoms with E-state index in [9.17, 15) is 19.2 Å². The summed E-state index contributed by atoms with van der Waals surface area (Å²) in [7, 11) is 0. The van der Waals surface area contributed by atoms with Crippen LogP contribution in [0.2, 0.25) is 0 Å². The number of amides is 3. The Morgan fingerprint density at radius 2 is 1.89 bits per heavy atom. The van der Waals surface area contributed by atoms with Gasteiger partial charge in [-0.1, -0.05) is 37.3 Å². The molecule has 0 spiro atoms. The molecule has 3 amide bonds. The Labute approximate surface area is 164 Å². The van der Waals surface area contributed by atoms with Crippen LogP contribution < -0.4 is 10.6 Å². The number of nitrogens with one attached hydrogen (secondary N) is 2. The second-order valence-corrected chi connectivity index (χ2v) is 6.77. The van der Waals surface area contributed by atoms with Gasteiger partial charge in [-0.2, -0.15) is 0 Å². The van der Waals surface area contributed by atoms with Crippen molar-refractivity contribution in [2.45, 2.75) is 32.7 Å². The van der Waals surface area contributed by atoms with Crippen molar-refractivity contribution in [3.8, 4) is 0 Å². The first-order valence-electron chi connectivity index (χ1n) is 9.46. The maximum Gasteiger partial charge on any atom is 0.311 e. The van der Waals surface area contributed by atoms with Crippen LogP contribution in [0, 0.1) is 5.92 Å². The molecule has 0 saturated carbocycles. The van der Waals surface area contributed by atoms with Crippen molar-refractivity contribution in [3.05, 3.63) is 35.9 Å². The molecule has 0 radical (unpaired) electrons. The topological polar surface area (TPSA) is 105 Å². The average Bonchev–Trinajstić information content (AvgIpc) is 3.10. The van der Waals surface area contributed by atoms with E-state index in [-0.39, 0.29) is 37.4 Å². The van der Waals surface area contributed by atoms with Crippen molar-refractivity contribution in [1.29, 1.82) is 0 Å². The molecular weight excluding hydrogens is 362 g/mol. The summed E-state index contributed by atoms with van der Waals surface area (Å²) in [5.74, 6) is -2.15. The predicted octanol–water partition coefficient (Wildman–Crippen LogP) is 0.782. The lowest BCUT2D eigenvalue weighted by Crippen LogP contribution is -2.39. The van der Waals surface area contributed by atoms with Crippen molar-refractivity contribution in [2.24, 2.45) is 5.92 Å². The van der Waals surface area contributed by atoms with Gasteiger partial charge in [-0.25, -0.2) is 0 Å². The molecule has 1 saturated heterocycles. The SMILES string of the molecule is CCCNC(=O)CNC(=O)COC(=O)[C@@H]1CC(=O)N([C@H](C)c2ccccc2)C1. The maximum absolute atomic E-state index is 12.3. The van der Waals surface area contributed by atoms with Gasteiger partial charge in [0.1, 0.15) is 0 Å². The summed E-state index contributed by atoms with van der Waals surface area (Å²) >= 11 is 0. The Morgan fingerprint density at radius 3 is 2.57 bits per heavy atom. The number of benzene rings is 1. The van der Waals surface area contributed by atoms with Crippen molar-refractivity contribution < 1.29 is 23.9 Å². The maximum atomic E-state index is 12.3. The van der Waals surface area contributed by atoms with Crippen molar-refractivity contribution in [3.63, 3.8) is 0 Å². The fraction of sp³-hybridized carbons (Fsp3) is 0.500. The molecule has 8 nitrogen and oxygen atoms in total. The van der Waals surface area contributed by atoms with Crippen LogP contribution in [-0.4, -0.2) is 54.8 Å². The van der Waals surface area contributed by atoms with Crippen LogP contribution >= 0.6 is 0 Å². The van der Waals surface area contributed by atoms with Crippen molar-refractivity contribution in [1.82, 2.24) is 15.5 Å². The number of hydrogen-bond acceptors (Lipinski definition) is 5. The van der Waals surface area contributed by atoms with Crippen LogP contribution in [0.3, 0.4) is 0 Å². The first-order valence-corrected chi connectivity index (χ1v) is 9.46. The average molecular weight is 389 g/mol. The van der Waals surface area contributed by atoms with Gasteiger partial charge in [0.2, 0.25) is 11.8 Å². The molecule has 2 atom stereocenters. The highest BCUT2D eigenvalue weighted by atomic mass is 16.5. The minimum atomic E-state index is -0.598. The van der Waals surface area contributed by atoms with Crippen molar-refractivity contribution in [2.75, 3.05) is 26.2 Å². The highest BCUT2D eigenvalue weighted by Gasteiger charge is 2.38. The van der Waals surface area contributed by atoms with E-state index in [2.05, 4.69) is 10.6 Å². The van der Waals surface area contributed by atoms with Gasteiger partial charge in [-0.05, 0) is 18.9 Å². The summed E-state index contributed by atoms with van der Waals surface area (Å²) in [5.41, 5.74) is 0.991. The lowest BCUT2D eigenvalue weighted by atomic mass is 10.1. The zero-order valence-electron chi connectivity index (χ0n) is 16.3. The number of esters is 1. The summed E-state index contributed by atoms with van der Waals surface area (Å²) in [4.78, 5) is 49.3. The van der Waals surface area contributed by atoms with Gasteiger partial charge >= 0.3 is 5.97 Å². The Balaban J connectivity index is 1.76. The monoisotopic (exact) mass is 389 g/mol. The summed E-state index contributed by atoms with van der Waals surface area (Å²) < 4.78 is 5.02. The summed E-state index contributed by atoms with van der Waals surface area (Å²) in [6.07, 6.45) is 0.869. The molecule has 1 aromatic carbocycles. The van der Waals surface area contributed by atoms with E-state index in [0.717, 1.165) is 12.0 Å². The first-order chi connectivity index (χ1) is 13.4. The van der Waals surface area contributed by atoms with E-state index in [1.165, 1.54) is 0 Å². The van der Waals surface area contributed by atoms with E-state index in [4.69, 9.17) is 4.74 Å². The molecule has 1 aliphatic heterocycles. The number of rotatable bonds is 9. The van der Waals surface area contributed by atoms with Gasteiger partial charge in [0.15, 0.2) is 6.61 Å². The third-order valence-electron chi connectivity index (χ3n) is 4.61. The lowest BCUT2D eigenvalue weighted by molar-refractivity contribution is -0.152. The Hall–Kier alpha value is -2.90. The third kappa shape index (κ3) is 6.07. The Bertz CT molecular complexity index is 707. The van der Waals surface area contributed by atoms with Crippen LogP contribution in [0.4, 0.5) is 0 Å². The molecule has 1 fully saturated rings. The molecule has 1 aromatic rings. The minimum Gasteiger partial charge on any atom is -0.455 e. The van der Waals surface area contributed by atoms with Gasteiger partial charge in [0, 0.05) is 19.5 Å². The molecule has 1 heterocycles. The number of likely N-dealkylation sites (tertiary alicyclic amines) is 1. The smallest absolute Gasteiger partial charge is 0.311 e. The van der Waals surface area contributed by atoms with E-state index < -0.39 is 24.4 Å². The largest absolute Gasteiger partial charge is 0.455 e. The van der Waals surface area contributed by atoms with Crippen LogP contribution in [0.1, 0.15) is 38.3 Å². The summed E-state index contributed by atoms with van der Waals surface area (Å²) in [6.45, 7) is 4.00. The molecule has 2 rings (SSSR count). The van der Waals surface area contributed by atoms with Crippen LogP contribution in [-0.2, 0) is 23.9 Å². The summed E-state index contributed by atoms with van der Waals surface area (Å²) in [5, 5.41) is 5.02. The number of carbonyl (C=O) groups is 4. The first kappa shape index (κ1) is 21.4. The zero-order valence-corrected chi connectivity index (χ0v) is 16.3. The summed E-state index contributed by atoms with van der Waals surface area (Å²) in [6, 6.07) is 9.44. The molecular formula is C20H27N3O5. The number of carbonyl (C=O) groups excluding carboxylic acids is 4. The molecule has 1 aliphatic rings. The molecule has 0 unspecified atom stereocenters. The predicted molar refractivity (Wildman–Crippen MR) is 102 cm³/mol. The second kappa shape index (κ2) is 10.4. The molecule has 0 aliphatic carbocycles. The minimum absolute atomic E-state index is 0.0665. The van der Waals surface area contributed by atoms with Crippen LogP contribution in [0.15, 0.2) is 30.3 Å². The van der Waals surface area contributed by atoms with E-state index >= 15 is 0 Å². The van der Waals surface area contributed by atoms with Crippen LogP contribution in [0.5, 0.6) is 0 Å². The van der Waals surface area contributed by atoms with Crippen LogP contribution in [0.25, 0.3) is 0 Å².